The van der Waals surface area contributed by atoms with Crippen LogP contribution in [0.3, 0.4) is 0 Å². The van der Waals surface area contributed by atoms with Crippen molar-refractivity contribution in [2.45, 2.75) is 13.3 Å². The lowest BCUT2D eigenvalue weighted by molar-refractivity contribution is -0.136. The second-order valence-corrected chi connectivity index (χ2v) is 3.27. The number of carboxylic acids is 1. The Morgan fingerprint density at radius 2 is 2.38 bits per heavy atom. The van der Waals surface area contributed by atoms with Crippen molar-refractivity contribution < 1.29 is 14.4 Å². The molecular formula is C10H9N3O3. The van der Waals surface area contributed by atoms with Gasteiger partial charge in [-0.2, -0.15) is 4.98 Å². The maximum Gasteiger partial charge on any atom is 0.312 e. The Morgan fingerprint density at radius 3 is 3.06 bits per heavy atom. The molecule has 0 saturated carbocycles. The van der Waals surface area contributed by atoms with Gasteiger partial charge < -0.3 is 9.63 Å². The topological polar surface area (TPSA) is 89.1 Å². The molecule has 82 valence electrons. The summed E-state index contributed by atoms with van der Waals surface area (Å²) in [6.45, 7) is 1.89. The van der Waals surface area contributed by atoms with Gasteiger partial charge in [0.1, 0.15) is 6.42 Å². The van der Waals surface area contributed by atoms with Crippen LogP contribution in [-0.2, 0) is 11.2 Å². The Bertz CT molecular complexity index is 522. The molecule has 2 aromatic heterocycles. The van der Waals surface area contributed by atoms with Crippen molar-refractivity contribution in [2.75, 3.05) is 0 Å². The predicted octanol–water partition coefficient (Wildman–Crippen LogP) is 1.07. The zero-order valence-corrected chi connectivity index (χ0v) is 8.54. The van der Waals surface area contributed by atoms with Crippen LogP contribution in [0.1, 0.15) is 11.5 Å². The summed E-state index contributed by atoms with van der Waals surface area (Å²) in [5.41, 5.74) is 1.69. The Kier molecular flexibility index (Phi) is 2.63. The van der Waals surface area contributed by atoms with Gasteiger partial charge in [0.15, 0.2) is 0 Å². The van der Waals surface area contributed by atoms with Crippen molar-refractivity contribution in [3.05, 3.63) is 29.9 Å². The van der Waals surface area contributed by atoms with Crippen LogP contribution in [0.25, 0.3) is 11.4 Å². The third-order valence-electron chi connectivity index (χ3n) is 2.05. The fourth-order valence-corrected chi connectivity index (χ4v) is 1.26. The maximum absolute atomic E-state index is 10.4. The van der Waals surface area contributed by atoms with Gasteiger partial charge >= 0.3 is 5.97 Å². The molecule has 6 nitrogen and oxygen atoms in total. The van der Waals surface area contributed by atoms with E-state index in [1.54, 1.807) is 12.4 Å². The summed E-state index contributed by atoms with van der Waals surface area (Å²) in [7, 11) is 0. The van der Waals surface area contributed by atoms with Crippen LogP contribution in [0, 0.1) is 6.92 Å². The van der Waals surface area contributed by atoms with E-state index in [0.717, 1.165) is 11.1 Å². The SMILES string of the molecule is Cc1ccncc1-c1noc(CC(=O)O)n1. The number of carboxylic acid groups (broad SMARTS) is 1. The maximum atomic E-state index is 10.4. The molecule has 2 rings (SSSR count). The molecule has 0 bridgehead atoms. The Hall–Kier alpha value is -2.24. The lowest BCUT2D eigenvalue weighted by Crippen LogP contribution is -1.99. The molecule has 0 amide bonds. The zero-order valence-electron chi connectivity index (χ0n) is 8.54. The monoisotopic (exact) mass is 219 g/mol. The van der Waals surface area contributed by atoms with Crippen molar-refractivity contribution in [2.24, 2.45) is 0 Å². The summed E-state index contributed by atoms with van der Waals surface area (Å²) in [5.74, 6) is -0.550. The van der Waals surface area contributed by atoms with Crippen molar-refractivity contribution in [3.63, 3.8) is 0 Å². The molecule has 0 aliphatic rings. The van der Waals surface area contributed by atoms with Crippen LogP contribution < -0.4 is 0 Å². The Balaban J connectivity index is 2.32. The van der Waals surface area contributed by atoms with Crippen LogP contribution in [0.15, 0.2) is 23.0 Å². The number of aromatic nitrogens is 3. The van der Waals surface area contributed by atoms with Crippen molar-refractivity contribution in [3.8, 4) is 11.4 Å². The standard InChI is InChI=1S/C10H9N3O3/c1-6-2-3-11-5-7(6)10-12-8(16-13-10)4-9(14)15/h2-3,5H,4H2,1H3,(H,14,15). The fourth-order valence-electron chi connectivity index (χ4n) is 1.26. The summed E-state index contributed by atoms with van der Waals surface area (Å²) in [4.78, 5) is 18.4. The lowest BCUT2D eigenvalue weighted by atomic mass is 10.1. The van der Waals surface area contributed by atoms with Crippen molar-refractivity contribution in [1.29, 1.82) is 0 Å². The summed E-state index contributed by atoms with van der Waals surface area (Å²) in [5, 5.41) is 12.3. The number of pyridine rings is 1. The molecule has 0 unspecified atom stereocenters. The highest BCUT2D eigenvalue weighted by Gasteiger charge is 2.12. The molecule has 0 fully saturated rings. The highest BCUT2D eigenvalue weighted by molar-refractivity contribution is 5.69. The van der Waals surface area contributed by atoms with Crippen molar-refractivity contribution in [1.82, 2.24) is 15.1 Å². The smallest absolute Gasteiger partial charge is 0.312 e. The van der Waals surface area contributed by atoms with Gasteiger partial charge in [-0.05, 0) is 18.6 Å². The van der Waals surface area contributed by atoms with Gasteiger partial charge in [0.2, 0.25) is 11.7 Å². The number of aryl methyl sites for hydroxylation is 1. The summed E-state index contributed by atoms with van der Waals surface area (Å²) < 4.78 is 4.82. The highest BCUT2D eigenvalue weighted by Crippen LogP contribution is 2.18. The molecule has 2 heterocycles. The second-order valence-electron chi connectivity index (χ2n) is 3.27. The van der Waals surface area contributed by atoms with Crippen LogP contribution in [0.4, 0.5) is 0 Å². The number of hydrogen-bond acceptors (Lipinski definition) is 5. The molecule has 16 heavy (non-hydrogen) atoms. The predicted molar refractivity (Wildman–Crippen MR) is 53.6 cm³/mol. The summed E-state index contributed by atoms with van der Waals surface area (Å²) in [6.07, 6.45) is 3.01. The van der Waals surface area contributed by atoms with Gasteiger partial charge in [-0.1, -0.05) is 5.16 Å². The van der Waals surface area contributed by atoms with Crippen LogP contribution >= 0.6 is 0 Å². The third kappa shape index (κ3) is 2.05. The van der Waals surface area contributed by atoms with Crippen LogP contribution in [-0.4, -0.2) is 26.2 Å². The highest BCUT2D eigenvalue weighted by atomic mass is 16.5. The lowest BCUT2D eigenvalue weighted by Gasteiger charge is -1.96. The molecular weight excluding hydrogens is 210 g/mol. The first-order chi connectivity index (χ1) is 7.66. The van der Waals surface area contributed by atoms with Gasteiger partial charge in [0.25, 0.3) is 0 Å². The van der Waals surface area contributed by atoms with E-state index in [1.165, 1.54) is 0 Å². The first-order valence-corrected chi connectivity index (χ1v) is 4.62. The molecule has 0 atom stereocenters. The number of carbonyl (C=O) groups is 1. The van der Waals surface area contributed by atoms with E-state index in [9.17, 15) is 4.79 Å². The van der Waals surface area contributed by atoms with Gasteiger partial charge in [-0.25, -0.2) is 0 Å². The minimum atomic E-state index is -1.00. The van der Waals surface area contributed by atoms with Crippen LogP contribution in [0.2, 0.25) is 0 Å². The van der Waals surface area contributed by atoms with E-state index < -0.39 is 5.97 Å². The Labute approximate surface area is 90.9 Å². The Morgan fingerprint density at radius 1 is 1.56 bits per heavy atom. The minimum Gasteiger partial charge on any atom is -0.481 e. The number of rotatable bonds is 3. The molecule has 0 aromatic carbocycles. The molecule has 6 heteroatoms. The molecule has 0 aliphatic heterocycles. The molecule has 0 spiro atoms. The number of aliphatic carboxylic acids is 1. The first-order valence-electron chi connectivity index (χ1n) is 4.62. The van der Waals surface area contributed by atoms with Crippen molar-refractivity contribution >= 4 is 5.97 Å². The number of nitrogens with zero attached hydrogens (tertiary/aromatic N) is 3. The second kappa shape index (κ2) is 4.09. The first kappa shape index (κ1) is 10.3. The summed E-state index contributed by atoms with van der Waals surface area (Å²) in [6, 6.07) is 1.82. The van der Waals surface area contributed by atoms with Gasteiger partial charge in [0, 0.05) is 18.0 Å². The average Bonchev–Trinajstić information content (AvgIpc) is 2.66. The van der Waals surface area contributed by atoms with Gasteiger partial charge in [0.05, 0.1) is 0 Å². The van der Waals surface area contributed by atoms with E-state index >= 15 is 0 Å². The van der Waals surface area contributed by atoms with E-state index in [2.05, 4.69) is 15.1 Å². The van der Waals surface area contributed by atoms with Gasteiger partial charge in [-0.15, -0.1) is 0 Å². The normalized spacial score (nSPS) is 10.3. The average molecular weight is 219 g/mol. The molecule has 0 radical (unpaired) electrons. The largest absolute Gasteiger partial charge is 0.481 e. The fraction of sp³-hybridized carbons (Fsp3) is 0.200. The van der Waals surface area contributed by atoms with Gasteiger partial charge in [-0.3, -0.25) is 9.78 Å². The van der Waals surface area contributed by atoms with E-state index in [0.29, 0.717) is 5.82 Å². The quantitative estimate of drug-likeness (QED) is 0.830. The van der Waals surface area contributed by atoms with E-state index in [1.807, 2.05) is 13.0 Å². The molecule has 2 aromatic rings. The zero-order chi connectivity index (χ0) is 11.5. The number of hydrogen-bond donors (Lipinski definition) is 1. The van der Waals surface area contributed by atoms with E-state index in [4.69, 9.17) is 9.63 Å². The molecule has 0 saturated heterocycles. The van der Waals surface area contributed by atoms with Crippen LogP contribution in [0.5, 0.6) is 0 Å². The molecule has 1 N–H and O–H groups in total. The van der Waals surface area contributed by atoms with E-state index in [-0.39, 0.29) is 12.3 Å². The summed E-state index contributed by atoms with van der Waals surface area (Å²) >= 11 is 0. The minimum absolute atomic E-state index is 0.0887. The third-order valence-corrected chi connectivity index (χ3v) is 2.05. The molecule has 0 aliphatic carbocycles.